The third-order valence-corrected chi connectivity index (χ3v) is 2.49. The van der Waals surface area contributed by atoms with Gasteiger partial charge in [-0.3, -0.25) is 4.68 Å². The number of aromatic carboxylic acids is 1. The lowest BCUT2D eigenvalue weighted by Gasteiger charge is -2.04. The molecule has 0 spiro atoms. The first kappa shape index (κ1) is 12.0. The SMILES string of the molecule is Cn1nc(C(=O)O)c(-c2cc(F)ccc2F)c1N. The smallest absolute Gasteiger partial charge is 0.357 e. The zero-order chi connectivity index (χ0) is 13.4. The summed E-state index contributed by atoms with van der Waals surface area (Å²) in [5.41, 5.74) is 4.88. The topological polar surface area (TPSA) is 81.1 Å². The van der Waals surface area contributed by atoms with E-state index in [0.717, 1.165) is 22.9 Å². The summed E-state index contributed by atoms with van der Waals surface area (Å²) >= 11 is 0. The van der Waals surface area contributed by atoms with Crippen molar-refractivity contribution in [3.05, 3.63) is 35.5 Å². The van der Waals surface area contributed by atoms with Gasteiger partial charge in [0.2, 0.25) is 0 Å². The summed E-state index contributed by atoms with van der Waals surface area (Å²) in [4.78, 5) is 11.0. The number of carboxylic acid groups (broad SMARTS) is 1. The van der Waals surface area contributed by atoms with Crippen molar-refractivity contribution >= 4 is 11.8 Å². The Morgan fingerprint density at radius 1 is 1.44 bits per heavy atom. The maximum absolute atomic E-state index is 13.6. The lowest BCUT2D eigenvalue weighted by atomic mass is 10.0. The first-order valence-electron chi connectivity index (χ1n) is 4.93. The molecule has 1 aromatic heterocycles. The molecule has 94 valence electrons. The molecule has 1 aromatic carbocycles. The highest BCUT2D eigenvalue weighted by atomic mass is 19.1. The van der Waals surface area contributed by atoms with E-state index >= 15 is 0 Å². The minimum atomic E-state index is -1.36. The fourth-order valence-corrected chi connectivity index (χ4v) is 1.64. The second kappa shape index (κ2) is 4.10. The van der Waals surface area contributed by atoms with Crippen LogP contribution in [0.3, 0.4) is 0 Å². The highest BCUT2D eigenvalue weighted by molar-refractivity contribution is 5.97. The van der Waals surface area contributed by atoms with Crippen LogP contribution in [0.2, 0.25) is 0 Å². The van der Waals surface area contributed by atoms with Gasteiger partial charge in [-0.25, -0.2) is 13.6 Å². The van der Waals surface area contributed by atoms with E-state index in [1.165, 1.54) is 7.05 Å². The first-order chi connectivity index (χ1) is 8.41. The Bertz CT molecular complexity index is 637. The number of carboxylic acids is 1. The molecule has 0 radical (unpaired) electrons. The number of aromatic nitrogens is 2. The van der Waals surface area contributed by atoms with Gasteiger partial charge in [0, 0.05) is 12.6 Å². The van der Waals surface area contributed by atoms with E-state index < -0.39 is 23.3 Å². The molecule has 5 nitrogen and oxygen atoms in total. The van der Waals surface area contributed by atoms with Crippen LogP contribution in [-0.4, -0.2) is 20.9 Å². The largest absolute Gasteiger partial charge is 0.476 e. The normalized spacial score (nSPS) is 10.6. The van der Waals surface area contributed by atoms with Gasteiger partial charge in [0.15, 0.2) is 5.69 Å². The summed E-state index contributed by atoms with van der Waals surface area (Å²) in [6.45, 7) is 0. The second-order valence-electron chi connectivity index (χ2n) is 3.66. The second-order valence-corrected chi connectivity index (χ2v) is 3.66. The number of rotatable bonds is 2. The molecule has 0 amide bonds. The molecular formula is C11H9F2N3O2. The van der Waals surface area contributed by atoms with Crippen molar-refractivity contribution in [3.8, 4) is 11.1 Å². The van der Waals surface area contributed by atoms with Gasteiger partial charge in [-0.15, -0.1) is 0 Å². The van der Waals surface area contributed by atoms with Crippen molar-refractivity contribution < 1.29 is 18.7 Å². The molecule has 1 heterocycles. The zero-order valence-electron chi connectivity index (χ0n) is 9.32. The van der Waals surface area contributed by atoms with E-state index in [2.05, 4.69) is 5.10 Å². The van der Waals surface area contributed by atoms with Gasteiger partial charge in [-0.2, -0.15) is 5.10 Å². The molecule has 0 atom stereocenters. The quantitative estimate of drug-likeness (QED) is 0.852. The Morgan fingerprint density at radius 2 is 2.11 bits per heavy atom. The summed E-state index contributed by atoms with van der Waals surface area (Å²) in [5, 5.41) is 12.6. The molecule has 0 bridgehead atoms. The van der Waals surface area contributed by atoms with E-state index in [1.54, 1.807) is 0 Å². The molecule has 0 saturated carbocycles. The van der Waals surface area contributed by atoms with Crippen molar-refractivity contribution in [2.24, 2.45) is 7.05 Å². The molecule has 0 saturated heterocycles. The predicted octanol–water partition coefficient (Wildman–Crippen LogP) is 1.65. The zero-order valence-corrected chi connectivity index (χ0v) is 9.32. The number of nitrogens with two attached hydrogens (primary N) is 1. The lowest BCUT2D eigenvalue weighted by molar-refractivity contribution is 0.0690. The fraction of sp³-hybridized carbons (Fsp3) is 0.0909. The van der Waals surface area contributed by atoms with Gasteiger partial charge < -0.3 is 10.8 Å². The molecule has 0 unspecified atom stereocenters. The summed E-state index contributed by atoms with van der Waals surface area (Å²) in [7, 11) is 1.42. The minimum Gasteiger partial charge on any atom is -0.476 e. The van der Waals surface area contributed by atoms with Gasteiger partial charge in [0.25, 0.3) is 0 Å². The van der Waals surface area contributed by atoms with Crippen LogP contribution in [0.1, 0.15) is 10.5 Å². The third-order valence-electron chi connectivity index (χ3n) is 2.49. The Kier molecular flexibility index (Phi) is 2.74. The summed E-state index contributed by atoms with van der Waals surface area (Å²) in [5.74, 6) is -2.86. The van der Waals surface area contributed by atoms with Gasteiger partial charge >= 0.3 is 5.97 Å². The Morgan fingerprint density at radius 3 is 2.72 bits per heavy atom. The number of carbonyl (C=O) groups is 1. The number of hydrogen-bond acceptors (Lipinski definition) is 3. The van der Waals surface area contributed by atoms with Crippen molar-refractivity contribution in [2.45, 2.75) is 0 Å². The number of benzene rings is 1. The van der Waals surface area contributed by atoms with E-state index in [-0.39, 0.29) is 16.9 Å². The lowest BCUT2D eigenvalue weighted by Crippen LogP contribution is -2.01. The average Bonchev–Trinajstić information content (AvgIpc) is 2.60. The van der Waals surface area contributed by atoms with Crippen LogP contribution in [0.5, 0.6) is 0 Å². The molecule has 0 fully saturated rings. The van der Waals surface area contributed by atoms with Crippen molar-refractivity contribution in [3.63, 3.8) is 0 Å². The highest BCUT2D eigenvalue weighted by Gasteiger charge is 2.23. The third kappa shape index (κ3) is 1.79. The number of hydrogen-bond donors (Lipinski definition) is 2. The summed E-state index contributed by atoms with van der Waals surface area (Å²) < 4.78 is 27.9. The summed E-state index contributed by atoms with van der Waals surface area (Å²) in [6.07, 6.45) is 0. The number of nitrogens with zero attached hydrogens (tertiary/aromatic N) is 2. The van der Waals surface area contributed by atoms with E-state index in [9.17, 15) is 13.6 Å². The molecule has 2 aromatic rings. The van der Waals surface area contributed by atoms with E-state index in [0.29, 0.717) is 0 Å². The predicted molar refractivity (Wildman–Crippen MR) is 59.9 cm³/mol. The average molecular weight is 253 g/mol. The van der Waals surface area contributed by atoms with Gasteiger partial charge in [0.1, 0.15) is 17.5 Å². The van der Waals surface area contributed by atoms with Crippen LogP contribution in [0, 0.1) is 11.6 Å². The van der Waals surface area contributed by atoms with Crippen molar-refractivity contribution in [2.75, 3.05) is 5.73 Å². The Hall–Kier alpha value is -2.44. The van der Waals surface area contributed by atoms with Crippen LogP contribution < -0.4 is 5.73 Å². The Labute approximate surface area is 100 Å². The van der Waals surface area contributed by atoms with Crippen LogP contribution >= 0.6 is 0 Å². The number of anilines is 1. The minimum absolute atomic E-state index is 0.0445. The van der Waals surface area contributed by atoms with Gasteiger partial charge in [0.05, 0.1) is 5.56 Å². The fourth-order valence-electron chi connectivity index (χ4n) is 1.64. The van der Waals surface area contributed by atoms with Crippen LogP contribution in [0.15, 0.2) is 18.2 Å². The molecular weight excluding hydrogens is 244 g/mol. The maximum atomic E-state index is 13.6. The van der Waals surface area contributed by atoms with Crippen LogP contribution in [-0.2, 0) is 7.05 Å². The number of aryl methyl sites for hydroxylation is 1. The monoisotopic (exact) mass is 253 g/mol. The number of halogens is 2. The van der Waals surface area contributed by atoms with Crippen LogP contribution in [0.4, 0.5) is 14.6 Å². The highest BCUT2D eigenvalue weighted by Crippen LogP contribution is 2.31. The van der Waals surface area contributed by atoms with Gasteiger partial charge in [-0.1, -0.05) is 0 Å². The molecule has 0 aliphatic heterocycles. The van der Waals surface area contributed by atoms with Crippen molar-refractivity contribution in [1.29, 1.82) is 0 Å². The van der Waals surface area contributed by atoms with Crippen LogP contribution in [0.25, 0.3) is 11.1 Å². The number of nitrogen functional groups attached to an aromatic ring is 1. The summed E-state index contributed by atoms with van der Waals surface area (Å²) in [6, 6.07) is 2.73. The van der Waals surface area contributed by atoms with Gasteiger partial charge in [-0.05, 0) is 18.2 Å². The van der Waals surface area contributed by atoms with E-state index in [4.69, 9.17) is 10.8 Å². The molecule has 2 rings (SSSR count). The molecule has 0 aliphatic rings. The molecule has 18 heavy (non-hydrogen) atoms. The van der Waals surface area contributed by atoms with Crippen molar-refractivity contribution in [1.82, 2.24) is 9.78 Å². The molecule has 7 heteroatoms. The molecule has 3 N–H and O–H groups in total. The van der Waals surface area contributed by atoms with E-state index in [1.807, 2.05) is 0 Å². The maximum Gasteiger partial charge on any atom is 0.357 e. The molecule has 0 aliphatic carbocycles. The first-order valence-corrected chi connectivity index (χ1v) is 4.93. The Balaban J connectivity index is 2.77. The standard InChI is InChI=1S/C11H9F2N3O2/c1-16-10(14)8(9(15-16)11(17)18)6-4-5(12)2-3-7(6)13/h2-4H,14H2,1H3,(H,17,18).